The minimum absolute atomic E-state index is 0.0220. The molecule has 1 aliphatic rings. The standard InChI is InChI=1S/C18H20ClN3O4/c1-10(20-18(24)25)14-9-11-3-2-4-13(19)15(11)16(22-14)17(23)21-12-5-7-26-8-6-12/h2-4,9-10,12,20H,5-8H2,1H3,(H,21,23)(H,24,25). The number of carbonyl (C=O) groups excluding carboxylic acids is 1. The number of benzene rings is 1. The monoisotopic (exact) mass is 377 g/mol. The van der Waals surface area contributed by atoms with Crippen LogP contribution in [0, 0.1) is 0 Å². The van der Waals surface area contributed by atoms with E-state index >= 15 is 0 Å². The highest BCUT2D eigenvalue weighted by atomic mass is 35.5. The van der Waals surface area contributed by atoms with Crippen molar-refractivity contribution < 1.29 is 19.4 Å². The number of amides is 2. The average Bonchev–Trinajstić information content (AvgIpc) is 2.61. The highest BCUT2D eigenvalue weighted by Gasteiger charge is 2.22. The van der Waals surface area contributed by atoms with Gasteiger partial charge in [0.2, 0.25) is 0 Å². The van der Waals surface area contributed by atoms with Gasteiger partial charge in [0, 0.05) is 24.6 Å². The minimum Gasteiger partial charge on any atom is -0.465 e. The van der Waals surface area contributed by atoms with Crippen molar-refractivity contribution in [2.75, 3.05) is 13.2 Å². The van der Waals surface area contributed by atoms with Crippen molar-refractivity contribution in [3.8, 4) is 0 Å². The summed E-state index contributed by atoms with van der Waals surface area (Å²) in [5, 5.41) is 16.0. The number of fused-ring (bicyclic) bond motifs is 1. The van der Waals surface area contributed by atoms with Gasteiger partial charge in [-0.1, -0.05) is 23.7 Å². The maximum Gasteiger partial charge on any atom is 0.405 e. The van der Waals surface area contributed by atoms with Crippen molar-refractivity contribution in [2.45, 2.75) is 31.8 Å². The molecule has 1 aliphatic heterocycles. The molecule has 0 bridgehead atoms. The van der Waals surface area contributed by atoms with Crippen LogP contribution in [0.1, 0.15) is 42.0 Å². The van der Waals surface area contributed by atoms with E-state index in [-0.39, 0.29) is 17.6 Å². The zero-order chi connectivity index (χ0) is 18.7. The molecule has 0 aliphatic carbocycles. The normalized spacial score (nSPS) is 16.2. The molecule has 1 saturated heterocycles. The molecule has 1 unspecified atom stereocenters. The lowest BCUT2D eigenvalue weighted by molar-refractivity contribution is 0.0695. The fourth-order valence-corrected chi connectivity index (χ4v) is 3.30. The van der Waals surface area contributed by atoms with Crippen LogP contribution < -0.4 is 10.6 Å². The summed E-state index contributed by atoms with van der Waals surface area (Å²) >= 11 is 6.32. The molecule has 1 fully saturated rings. The second kappa shape index (κ2) is 7.88. The Bertz CT molecular complexity index is 837. The number of carboxylic acid groups (broad SMARTS) is 1. The zero-order valence-electron chi connectivity index (χ0n) is 14.3. The van der Waals surface area contributed by atoms with Gasteiger partial charge < -0.3 is 20.5 Å². The summed E-state index contributed by atoms with van der Waals surface area (Å²) in [5.41, 5.74) is 0.660. The number of nitrogens with zero attached hydrogens (tertiary/aromatic N) is 1. The van der Waals surface area contributed by atoms with E-state index in [1.807, 2.05) is 6.07 Å². The lowest BCUT2D eigenvalue weighted by Gasteiger charge is -2.23. The van der Waals surface area contributed by atoms with Crippen molar-refractivity contribution in [1.29, 1.82) is 0 Å². The van der Waals surface area contributed by atoms with Gasteiger partial charge in [0.05, 0.1) is 16.8 Å². The Balaban J connectivity index is 2.00. The van der Waals surface area contributed by atoms with Gasteiger partial charge in [-0.15, -0.1) is 0 Å². The van der Waals surface area contributed by atoms with Crippen molar-refractivity contribution >= 4 is 34.4 Å². The van der Waals surface area contributed by atoms with Crippen molar-refractivity contribution in [1.82, 2.24) is 15.6 Å². The quantitative estimate of drug-likeness (QED) is 0.760. The minimum atomic E-state index is -1.15. The Kier molecular flexibility index (Phi) is 5.58. The average molecular weight is 378 g/mol. The molecule has 1 atom stereocenters. The number of hydrogen-bond donors (Lipinski definition) is 3. The van der Waals surface area contributed by atoms with Crippen LogP contribution in [0.5, 0.6) is 0 Å². The Labute approximate surface area is 155 Å². The van der Waals surface area contributed by atoms with Crippen LogP contribution in [0.25, 0.3) is 10.8 Å². The van der Waals surface area contributed by atoms with Gasteiger partial charge in [0.25, 0.3) is 5.91 Å². The molecule has 2 amide bonds. The molecule has 2 aromatic rings. The lowest BCUT2D eigenvalue weighted by atomic mass is 10.0. The predicted octanol–water partition coefficient (Wildman–Crippen LogP) is 3.13. The zero-order valence-corrected chi connectivity index (χ0v) is 15.0. The van der Waals surface area contributed by atoms with E-state index in [0.717, 1.165) is 18.2 Å². The van der Waals surface area contributed by atoms with Gasteiger partial charge in [-0.25, -0.2) is 9.78 Å². The number of ether oxygens (including phenoxy) is 1. The number of halogens is 1. The molecule has 3 N–H and O–H groups in total. The van der Waals surface area contributed by atoms with Crippen LogP contribution in [-0.4, -0.2) is 41.3 Å². The van der Waals surface area contributed by atoms with Gasteiger partial charge in [0.1, 0.15) is 5.69 Å². The van der Waals surface area contributed by atoms with E-state index < -0.39 is 12.1 Å². The largest absolute Gasteiger partial charge is 0.465 e. The molecule has 138 valence electrons. The summed E-state index contributed by atoms with van der Waals surface area (Å²) in [7, 11) is 0. The van der Waals surface area contributed by atoms with E-state index in [0.29, 0.717) is 29.3 Å². The molecule has 0 radical (unpaired) electrons. The second-order valence-corrected chi connectivity index (χ2v) is 6.67. The van der Waals surface area contributed by atoms with Crippen molar-refractivity contribution in [3.05, 3.63) is 40.7 Å². The first-order valence-corrected chi connectivity index (χ1v) is 8.80. The Morgan fingerprint density at radius 1 is 1.35 bits per heavy atom. The summed E-state index contributed by atoms with van der Waals surface area (Å²) in [6.45, 7) is 2.89. The van der Waals surface area contributed by atoms with E-state index in [1.54, 1.807) is 25.1 Å². The Morgan fingerprint density at radius 2 is 2.08 bits per heavy atom. The molecule has 0 saturated carbocycles. The summed E-state index contributed by atoms with van der Waals surface area (Å²) in [4.78, 5) is 28.2. The topological polar surface area (TPSA) is 101 Å². The fraction of sp³-hybridized carbons (Fsp3) is 0.389. The first kappa shape index (κ1) is 18.4. The van der Waals surface area contributed by atoms with E-state index in [9.17, 15) is 9.59 Å². The third kappa shape index (κ3) is 4.05. The molecule has 0 spiro atoms. The van der Waals surface area contributed by atoms with Gasteiger partial charge in [-0.2, -0.15) is 0 Å². The Morgan fingerprint density at radius 3 is 2.77 bits per heavy atom. The molecular formula is C18H20ClN3O4. The van der Waals surface area contributed by atoms with Gasteiger partial charge >= 0.3 is 6.09 Å². The number of rotatable bonds is 4. The van der Waals surface area contributed by atoms with Crippen molar-refractivity contribution in [2.24, 2.45) is 0 Å². The van der Waals surface area contributed by atoms with E-state index in [4.69, 9.17) is 21.4 Å². The first-order chi connectivity index (χ1) is 12.5. The molecule has 2 heterocycles. The maximum atomic E-state index is 12.9. The number of carbonyl (C=O) groups is 2. The number of hydrogen-bond acceptors (Lipinski definition) is 4. The summed E-state index contributed by atoms with van der Waals surface area (Å²) in [6, 6.07) is 6.51. The van der Waals surface area contributed by atoms with Crippen LogP contribution in [0.4, 0.5) is 4.79 Å². The first-order valence-electron chi connectivity index (χ1n) is 8.43. The predicted molar refractivity (Wildman–Crippen MR) is 97.6 cm³/mol. The summed E-state index contributed by atoms with van der Waals surface area (Å²) in [6.07, 6.45) is 0.334. The molecular weight excluding hydrogens is 358 g/mol. The highest BCUT2D eigenvalue weighted by Crippen LogP contribution is 2.28. The second-order valence-electron chi connectivity index (χ2n) is 6.26. The van der Waals surface area contributed by atoms with Gasteiger partial charge in [-0.05, 0) is 37.3 Å². The van der Waals surface area contributed by atoms with Crippen LogP contribution >= 0.6 is 11.6 Å². The van der Waals surface area contributed by atoms with Crippen molar-refractivity contribution in [3.63, 3.8) is 0 Å². The molecule has 8 heteroatoms. The lowest BCUT2D eigenvalue weighted by Crippen LogP contribution is -2.39. The molecule has 1 aromatic carbocycles. The number of pyridine rings is 1. The van der Waals surface area contributed by atoms with E-state index in [2.05, 4.69) is 15.6 Å². The van der Waals surface area contributed by atoms with Crippen LogP contribution in [-0.2, 0) is 4.74 Å². The van der Waals surface area contributed by atoms with Crippen LogP contribution in [0.2, 0.25) is 5.02 Å². The van der Waals surface area contributed by atoms with E-state index in [1.165, 1.54) is 0 Å². The molecule has 7 nitrogen and oxygen atoms in total. The maximum absolute atomic E-state index is 12.9. The van der Waals surface area contributed by atoms with Gasteiger partial charge in [-0.3, -0.25) is 4.79 Å². The van der Waals surface area contributed by atoms with Gasteiger partial charge in [0.15, 0.2) is 0 Å². The highest BCUT2D eigenvalue weighted by molar-refractivity contribution is 6.36. The summed E-state index contributed by atoms with van der Waals surface area (Å²) in [5.74, 6) is -0.320. The number of aromatic nitrogens is 1. The third-order valence-corrected chi connectivity index (χ3v) is 4.70. The number of nitrogens with one attached hydrogen (secondary N) is 2. The molecule has 3 rings (SSSR count). The fourth-order valence-electron chi connectivity index (χ4n) is 3.03. The van der Waals surface area contributed by atoms with Crippen LogP contribution in [0.15, 0.2) is 24.3 Å². The molecule has 26 heavy (non-hydrogen) atoms. The Hall–Kier alpha value is -2.38. The summed E-state index contributed by atoms with van der Waals surface area (Å²) < 4.78 is 5.31. The SMILES string of the molecule is CC(NC(=O)O)c1cc2cccc(Cl)c2c(C(=O)NC2CCOCC2)n1. The third-order valence-electron chi connectivity index (χ3n) is 4.38. The smallest absolute Gasteiger partial charge is 0.405 e. The van der Waals surface area contributed by atoms with Crippen LogP contribution in [0.3, 0.4) is 0 Å². The molecule has 1 aromatic heterocycles.